The lowest BCUT2D eigenvalue weighted by atomic mass is 9.79. The predicted octanol–water partition coefficient (Wildman–Crippen LogP) is 2.01. The van der Waals surface area contributed by atoms with E-state index in [1.165, 1.54) is 50.9 Å². The normalized spacial score (nSPS) is 23.8. The van der Waals surface area contributed by atoms with Crippen LogP contribution in [-0.2, 0) is 13.1 Å². The fourth-order valence-electron chi connectivity index (χ4n) is 3.79. The van der Waals surface area contributed by atoms with Crippen LogP contribution < -0.4 is 5.32 Å². The quantitative estimate of drug-likeness (QED) is 0.904. The van der Waals surface area contributed by atoms with Crippen molar-refractivity contribution in [3.8, 4) is 0 Å². The van der Waals surface area contributed by atoms with Crippen molar-refractivity contribution < 1.29 is 0 Å². The van der Waals surface area contributed by atoms with Crippen molar-refractivity contribution in [2.75, 3.05) is 19.6 Å². The van der Waals surface area contributed by atoms with Crippen LogP contribution in [0.2, 0.25) is 0 Å². The average molecular weight is 262 g/mol. The van der Waals surface area contributed by atoms with E-state index in [-0.39, 0.29) is 0 Å². The maximum absolute atomic E-state index is 4.31. The van der Waals surface area contributed by atoms with Crippen molar-refractivity contribution in [2.45, 2.75) is 57.7 Å². The molecule has 0 bridgehead atoms. The number of rotatable bonds is 3. The molecule has 4 heteroatoms. The fourth-order valence-corrected chi connectivity index (χ4v) is 3.79. The van der Waals surface area contributed by atoms with Gasteiger partial charge in [-0.1, -0.05) is 19.3 Å². The molecule has 4 nitrogen and oxygen atoms in total. The Balaban J connectivity index is 1.77. The second-order valence-electron chi connectivity index (χ2n) is 6.05. The summed E-state index contributed by atoms with van der Waals surface area (Å²) in [4.78, 5) is 7.04. The van der Waals surface area contributed by atoms with E-state index in [2.05, 4.69) is 26.7 Å². The molecule has 106 valence electrons. The topological polar surface area (TPSA) is 33.1 Å². The average Bonchev–Trinajstić information content (AvgIpc) is 2.90. The molecule has 1 saturated carbocycles. The fraction of sp³-hybridized carbons (Fsp3) is 0.800. The number of aryl methyl sites for hydroxylation is 1. The van der Waals surface area contributed by atoms with Crippen LogP contribution in [0.25, 0.3) is 0 Å². The number of piperazine rings is 1. The van der Waals surface area contributed by atoms with Gasteiger partial charge in [0, 0.05) is 44.5 Å². The summed E-state index contributed by atoms with van der Waals surface area (Å²) in [5.74, 6) is 0. The Kier molecular flexibility index (Phi) is 3.89. The van der Waals surface area contributed by atoms with E-state index in [1.54, 1.807) is 0 Å². The highest BCUT2D eigenvalue weighted by Crippen LogP contribution is 2.35. The Morgan fingerprint density at radius 1 is 1.32 bits per heavy atom. The van der Waals surface area contributed by atoms with E-state index in [0.29, 0.717) is 5.54 Å². The van der Waals surface area contributed by atoms with Crippen LogP contribution in [-0.4, -0.2) is 39.6 Å². The van der Waals surface area contributed by atoms with Gasteiger partial charge >= 0.3 is 0 Å². The standard InChI is InChI=1S/C15H26N4/c1-2-18-13-17-10-14(18)11-19-9-8-16-12-15(19)6-4-3-5-7-15/h10,13,16H,2-9,11-12H2,1H3. The van der Waals surface area contributed by atoms with Crippen LogP contribution in [0.3, 0.4) is 0 Å². The summed E-state index contributed by atoms with van der Waals surface area (Å²) in [7, 11) is 0. The molecule has 2 aliphatic rings. The molecule has 19 heavy (non-hydrogen) atoms. The van der Waals surface area contributed by atoms with Crippen molar-refractivity contribution in [3.05, 3.63) is 18.2 Å². The van der Waals surface area contributed by atoms with Crippen molar-refractivity contribution in [1.82, 2.24) is 19.8 Å². The highest BCUT2D eigenvalue weighted by atomic mass is 15.3. The van der Waals surface area contributed by atoms with E-state index in [0.717, 1.165) is 19.6 Å². The van der Waals surface area contributed by atoms with Gasteiger partial charge in [-0.3, -0.25) is 4.90 Å². The highest BCUT2D eigenvalue weighted by molar-refractivity contribution is 5.04. The van der Waals surface area contributed by atoms with E-state index < -0.39 is 0 Å². The van der Waals surface area contributed by atoms with Crippen molar-refractivity contribution in [1.29, 1.82) is 0 Å². The zero-order chi connectivity index (χ0) is 13.1. The lowest BCUT2D eigenvalue weighted by Crippen LogP contribution is -2.61. The zero-order valence-corrected chi connectivity index (χ0v) is 12.1. The number of aromatic nitrogens is 2. The van der Waals surface area contributed by atoms with Crippen LogP contribution >= 0.6 is 0 Å². The molecule has 0 amide bonds. The minimum atomic E-state index is 0.416. The molecule has 2 fully saturated rings. The number of hydrogen-bond donors (Lipinski definition) is 1. The molecule has 1 spiro atoms. The summed E-state index contributed by atoms with van der Waals surface area (Å²) in [5.41, 5.74) is 1.79. The molecule has 0 aromatic carbocycles. The van der Waals surface area contributed by atoms with E-state index in [9.17, 15) is 0 Å². The monoisotopic (exact) mass is 262 g/mol. The van der Waals surface area contributed by atoms with Gasteiger partial charge in [-0.15, -0.1) is 0 Å². The smallest absolute Gasteiger partial charge is 0.0948 e. The van der Waals surface area contributed by atoms with Crippen molar-refractivity contribution in [3.63, 3.8) is 0 Å². The molecular formula is C15H26N4. The van der Waals surface area contributed by atoms with Gasteiger partial charge in [-0.05, 0) is 19.8 Å². The minimum absolute atomic E-state index is 0.416. The third-order valence-electron chi connectivity index (χ3n) is 4.96. The third kappa shape index (κ3) is 2.56. The lowest BCUT2D eigenvalue weighted by Gasteiger charge is -2.50. The Morgan fingerprint density at radius 3 is 2.95 bits per heavy atom. The van der Waals surface area contributed by atoms with Gasteiger partial charge in [-0.25, -0.2) is 4.98 Å². The molecule has 1 saturated heterocycles. The Bertz CT molecular complexity index is 398. The van der Waals surface area contributed by atoms with Crippen molar-refractivity contribution in [2.24, 2.45) is 0 Å². The van der Waals surface area contributed by atoms with E-state index >= 15 is 0 Å². The number of nitrogens with one attached hydrogen (secondary N) is 1. The van der Waals surface area contributed by atoms with E-state index in [4.69, 9.17) is 0 Å². The van der Waals surface area contributed by atoms with Crippen LogP contribution in [0.15, 0.2) is 12.5 Å². The Morgan fingerprint density at radius 2 is 2.16 bits per heavy atom. The molecule has 0 atom stereocenters. The van der Waals surface area contributed by atoms with Gasteiger partial charge in [0.25, 0.3) is 0 Å². The molecule has 1 aromatic heterocycles. The first kappa shape index (κ1) is 13.1. The molecule has 1 N–H and O–H groups in total. The van der Waals surface area contributed by atoms with Gasteiger partial charge in [0.2, 0.25) is 0 Å². The van der Waals surface area contributed by atoms with Crippen LogP contribution in [0.5, 0.6) is 0 Å². The van der Waals surface area contributed by atoms with Gasteiger partial charge in [0.1, 0.15) is 0 Å². The molecular weight excluding hydrogens is 236 g/mol. The highest BCUT2D eigenvalue weighted by Gasteiger charge is 2.39. The van der Waals surface area contributed by atoms with Crippen LogP contribution in [0, 0.1) is 0 Å². The molecule has 1 aliphatic carbocycles. The summed E-state index contributed by atoms with van der Waals surface area (Å²) in [6.07, 6.45) is 10.9. The maximum atomic E-state index is 4.31. The van der Waals surface area contributed by atoms with E-state index in [1.807, 2.05) is 12.5 Å². The first-order valence-corrected chi connectivity index (χ1v) is 7.79. The largest absolute Gasteiger partial charge is 0.334 e. The number of imidazole rings is 1. The predicted molar refractivity (Wildman–Crippen MR) is 77.0 cm³/mol. The third-order valence-corrected chi connectivity index (χ3v) is 4.96. The first-order valence-electron chi connectivity index (χ1n) is 7.79. The summed E-state index contributed by atoms with van der Waals surface area (Å²) in [5, 5.41) is 3.62. The summed E-state index contributed by atoms with van der Waals surface area (Å²) < 4.78 is 2.28. The summed E-state index contributed by atoms with van der Waals surface area (Å²) in [6.45, 7) is 7.76. The molecule has 2 heterocycles. The summed E-state index contributed by atoms with van der Waals surface area (Å²) in [6, 6.07) is 0. The lowest BCUT2D eigenvalue weighted by molar-refractivity contribution is 0.0192. The van der Waals surface area contributed by atoms with Crippen LogP contribution in [0.1, 0.15) is 44.7 Å². The molecule has 0 radical (unpaired) electrons. The second-order valence-corrected chi connectivity index (χ2v) is 6.05. The van der Waals surface area contributed by atoms with Crippen molar-refractivity contribution >= 4 is 0 Å². The SMILES string of the molecule is CCn1cncc1CN1CCNCC12CCCCC2. The first-order chi connectivity index (χ1) is 9.34. The summed E-state index contributed by atoms with van der Waals surface area (Å²) >= 11 is 0. The Hall–Kier alpha value is -0.870. The van der Waals surface area contributed by atoms with Crippen LogP contribution in [0.4, 0.5) is 0 Å². The minimum Gasteiger partial charge on any atom is -0.334 e. The molecule has 1 aromatic rings. The molecule has 1 aliphatic heterocycles. The number of hydrogen-bond acceptors (Lipinski definition) is 3. The second kappa shape index (κ2) is 5.63. The van der Waals surface area contributed by atoms with Gasteiger partial charge in [0.05, 0.1) is 12.0 Å². The number of nitrogens with zero attached hydrogens (tertiary/aromatic N) is 3. The molecule has 3 rings (SSSR count). The Labute approximate surface area is 116 Å². The maximum Gasteiger partial charge on any atom is 0.0948 e. The van der Waals surface area contributed by atoms with Gasteiger partial charge in [0.15, 0.2) is 0 Å². The van der Waals surface area contributed by atoms with Gasteiger partial charge in [-0.2, -0.15) is 0 Å². The van der Waals surface area contributed by atoms with Gasteiger partial charge < -0.3 is 9.88 Å². The zero-order valence-electron chi connectivity index (χ0n) is 12.1. The molecule has 0 unspecified atom stereocenters.